The van der Waals surface area contributed by atoms with E-state index in [9.17, 15) is 0 Å². The van der Waals surface area contributed by atoms with Crippen LogP contribution in [-0.4, -0.2) is 29.5 Å². The van der Waals surface area contributed by atoms with Gasteiger partial charge in [0.15, 0.2) is 0 Å². The first-order valence-electron chi connectivity index (χ1n) is 6.57. The Hall–Kier alpha value is -1.55. The van der Waals surface area contributed by atoms with Crippen LogP contribution in [0.2, 0.25) is 0 Å². The molecular formula is C15H25N3O. The molecular weight excluding hydrogens is 238 g/mol. The number of nitrogens with two attached hydrogens (primary N) is 1. The van der Waals surface area contributed by atoms with E-state index in [0.29, 0.717) is 6.42 Å². The van der Waals surface area contributed by atoms with Gasteiger partial charge in [-0.2, -0.15) is 0 Å². The maximum atomic E-state index is 8.49. The minimum Gasteiger partial charge on any atom is -0.409 e. The van der Waals surface area contributed by atoms with Crippen LogP contribution in [0.15, 0.2) is 29.4 Å². The van der Waals surface area contributed by atoms with Gasteiger partial charge >= 0.3 is 0 Å². The van der Waals surface area contributed by atoms with E-state index in [2.05, 4.69) is 55.1 Å². The molecule has 0 aliphatic rings. The molecule has 0 atom stereocenters. The van der Waals surface area contributed by atoms with Gasteiger partial charge in [0.2, 0.25) is 0 Å². The second-order valence-corrected chi connectivity index (χ2v) is 6.03. The average Bonchev–Trinajstić information content (AvgIpc) is 2.35. The fourth-order valence-corrected chi connectivity index (χ4v) is 1.86. The van der Waals surface area contributed by atoms with Crippen LogP contribution in [0, 0.1) is 0 Å². The van der Waals surface area contributed by atoms with Crippen LogP contribution in [0.4, 0.5) is 0 Å². The fourth-order valence-electron chi connectivity index (χ4n) is 1.86. The van der Waals surface area contributed by atoms with E-state index in [1.54, 1.807) is 0 Å². The lowest BCUT2D eigenvalue weighted by atomic mass is 9.87. The van der Waals surface area contributed by atoms with Crippen molar-refractivity contribution in [1.82, 2.24) is 4.90 Å². The molecule has 0 unspecified atom stereocenters. The molecule has 19 heavy (non-hydrogen) atoms. The predicted octanol–water partition coefficient (Wildman–Crippen LogP) is 2.55. The summed E-state index contributed by atoms with van der Waals surface area (Å²) >= 11 is 0. The normalized spacial score (nSPS) is 13.0. The molecule has 1 aromatic rings. The summed E-state index contributed by atoms with van der Waals surface area (Å²) in [6.45, 7) is 8.28. The van der Waals surface area contributed by atoms with Gasteiger partial charge < -0.3 is 15.8 Å². The maximum absolute atomic E-state index is 8.49. The van der Waals surface area contributed by atoms with Crippen LogP contribution >= 0.6 is 0 Å². The molecule has 0 aromatic heterocycles. The third-order valence-electron chi connectivity index (χ3n) is 3.15. The predicted molar refractivity (Wildman–Crippen MR) is 79.5 cm³/mol. The number of rotatable bonds is 5. The van der Waals surface area contributed by atoms with Gasteiger partial charge in [0.05, 0.1) is 0 Å². The third-order valence-corrected chi connectivity index (χ3v) is 3.15. The summed E-state index contributed by atoms with van der Waals surface area (Å²) in [5.74, 6) is 0.273. The van der Waals surface area contributed by atoms with E-state index in [1.807, 2.05) is 7.05 Å². The highest BCUT2D eigenvalue weighted by Crippen LogP contribution is 2.22. The summed E-state index contributed by atoms with van der Waals surface area (Å²) in [5.41, 5.74) is 8.26. The monoisotopic (exact) mass is 263 g/mol. The summed E-state index contributed by atoms with van der Waals surface area (Å²) in [6.07, 6.45) is 0.576. The van der Waals surface area contributed by atoms with Gasteiger partial charge in [-0.1, -0.05) is 50.2 Å². The molecule has 3 N–H and O–H groups in total. The second kappa shape index (κ2) is 6.57. The van der Waals surface area contributed by atoms with Crippen LogP contribution in [0.5, 0.6) is 0 Å². The van der Waals surface area contributed by atoms with E-state index in [1.165, 1.54) is 11.1 Å². The molecule has 0 bridgehead atoms. The second-order valence-electron chi connectivity index (χ2n) is 6.03. The van der Waals surface area contributed by atoms with Crippen molar-refractivity contribution in [3.05, 3.63) is 35.4 Å². The molecule has 0 saturated carbocycles. The zero-order chi connectivity index (χ0) is 14.5. The van der Waals surface area contributed by atoms with Crippen molar-refractivity contribution in [1.29, 1.82) is 0 Å². The molecule has 0 fully saturated rings. The van der Waals surface area contributed by atoms with Gasteiger partial charge in [-0.3, -0.25) is 0 Å². The minimum atomic E-state index is 0.191. The zero-order valence-electron chi connectivity index (χ0n) is 12.3. The summed E-state index contributed by atoms with van der Waals surface area (Å²) in [6, 6.07) is 8.71. The van der Waals surface area contributed by atoms with Gasteiger partial charge in [-0.15, -0.1) is 0 Å². The molecule has 1 rings (SSSR count). The van der Waals surface area contributed by atoms with Gasteiger partial charge in [0, 0.05) is 19.5 Å². The molecule has 0 spiro atoms. The fraction of sp³-hybridized carbons (Fsp3) is 0.533. The summed E-state index contributed by atoms with van der Waals surface area (Å²) in [4.78, 5) is 2.16. The first-order chi connectivity index (χ1) is 8.82. The highest BCUT2D eigenvalue weighted by molar-refractivity contribution is 5.79. The van der Waals surface area contributed by atoms with Gasteiger partial charge in [0.25, 0.3) is 0 Å². The highest BCUT2D eigenvalue weighted by Gasteiger charge is 2.13. The van der Waals surface area contributed by atoms with Crippen molar-refractivity contribution >= 4 is 5.84 Å². The van der Waals surface area contributed by atoms with Crippen LogP contribution in [0.1, 0.15) is 38.3 Å². The molecule has 106 valence electrons. The topological polar surface area (TPSA) is 61.8 Å². The minimum absolute atomic E-state index is 0.191. The first kappa shape index (κ1) is 15.5. The summed E-state index contributed by atoms with van der Waals surface area (Å²) < 4.78 is 0. The number of hydrogen-bond donors (Lipinski definition) is 2. The van der Waals surface area contributed by atoms with Gasteiger partial charge in [0.1, 0.15) is 5.84 Å². The molecule has 0 heterocycles. The quantitative estimate of drug-likeness (QED) is 0.371. The number of oxime groups is 1. The van der Waals surface area contributed by atoms with E-state index in [4.69, 9.17) is 10.9 Å². The molecule has 0 amide bonds. The Morgan fingerprint density at radius 3 is 2.32 bits per heavy atom. The van der Waals surface area contributed by atoms with Crippen molar-refractivity contribution in [2.24, 2.45) is 10.9 Å². The number of amidine groups is 1. The van der Waals surface area contributed by atoms with Gasteiger partial charge in [-0.25, -0.2) is 0 Å². The number of benzene rings is 1. The lowest BCUT2D eigenvalue weighted by Crippen LogP contribution is -2.24. The van der Waals surface area contributed by atoms with Gasteiger partial charge in [-0.05, 0) is 23.6 Å². The highest BCUT2D eigenvalue weighted by atomic mass is 16.4. The Labute approximate surface area is 115 Å². The van der Waals surface area contributed by atoms with Crippen molar-refractivity contribution in [3.63, 3.8) is 0 Å². The molecule has 0 saturated heterocycles. The van der Waals surface area contributed by atoms with E-state index < -0.39 is 0 Å². The van der Waals surface area contributed by atoms with Crippen molar-refractivity contribution in [2.75, 3.05) is 13.6 Å². The van der Waals surface area contributed by atoms with Crippen molar-refractivity contribution in [2.45, 2.75) is 39.2 Å². The maximum Gasteiger partial charge on any atom is 0.140 e. The van der Waals surface area contributed by atoms with E-state index in [-0.39, 0.29) is 11.3 Å². The van der Waals surface area contributed by atoms with Crippen LogP contribution in [0.3, 0.4) is 0 Å². The first-order valence-corrected chi connectivity index (χ1v) is 6.57. The molecule has 0 aliphatic heterocycles. The lowest BCUT2D eigenvalue weighted by Gasteiger charge is -2.20. The molecule has 0 radical (unpaired) electrons. The Balaban J connectivity index is 2.53. The van der Waals surface area contributed by atoms with Crippen molar-refractivity contribution < 1.29 is 5.21 Å². The number of hydrogen-bond acceptors (Lipinski definition) is 3. The Bertz CT molecular complexity index is 418. The SMILES string of the molecule is CN(CC/C(N)=N/O)Cc1ccc(C(C)(C)C)cc1. The molecule has 4 nitrogen and oxygen atoms in total. The Morgan fingerprint density at radius 1 is 1.26 bits per heavy atom. The standard InChI is InChI=1S/C15H25N3O/c1-15(2,3)13-7-5-12(6-8-13)11-18(4)10-9-14(16)17-19/h5-8,19H,9-11H2,1-4H3,(H2,16,17). The smallest absolute Gasteiger partial charge is 0.140 e. The summed E-state index contributed by atoms with van der Waals surface area (Å²) in [5, 5.41) is 11.5. The molecule has 4 heteroatoms. The zero-order valence-corrected chi connectivity index (χ0v) is 12.3. The lowest BCUT2D eigenvalue weighted by molar-refractivity contribution is 0.309. The third kappa shape index (κ3) is 5.30. The number of nitrogens with zero attached hydrogens (tertiary/aromatic N) is 2. The Morgan fingerprint density at radius 2 is 1.84 bits per heavy atom. The average molecular weight is 263 g/mol. The van der Waals surface area contributed by atoms with Crippen LogP contribution < -0.4 is 5.73 Å². The van der Waals surface area contributed by atoms with E-state index >= 15 is 0 Å². The summed E-state index contributed by atoms with van der Waals surface area (Å²) in [7, 11) is 2.03. The van der Waals surface area contributed by atoms with Crippen LogP contribution in [0.25, 0.3) is 0 Å². The Kier molecular flexibility index (Phi) is 5.36. The van der Waals surface area contributed by atoms with E-state index in [0.717, 1.165) is 13.1 Å². The van der Waals surface area contributed by atoms with Crippen molar-refractivity contribution in [3.8, 4) is 0 Å². The molecule has 1 aromatic carbocycles. The van der Waals surface area contributed by atoms with Crippen LogP contribution in [-0.2, 0) is 12.0 Å². The molecule has 0 aliphatic carbocycles. The largest absolute Gasteiger partial charge is 0.409 e.